The molecule has 3 aromatic rings. The molecule has 1 aromatic carbocycles. The molecule has 0 atom stereocenters. The van der Waals surface area contributed by atoms with Crippen LogP contribution in [0.3, 0.4) is 0 Å². The smallest absolute Gasteiger partial charge is 0.223 e. The highest BCUT2D eigenvalue weighted by atomic mass is 35.5. The Balaban J connectivity index is 1.57. The zero-order chi connectivity index (χ0) is 17.6. The Morgan fingerprint density at radius 2 is 2.04 bits per heavy atom. The van der Waals surface area contributed by atoms with Crippen LogP contribution in [0.15, 0.2) is 53.1 Å². The van der Waals surface area contributed by atoms with Gasteiger partial charge in [-0.3, -0.25) is 4.79 Å². The van der Waals surface area contributed by atoms with Crippen molar-refractivity contribution in [3.8, 4) is 11.3 Å². The van der Waals surface area contributed by atoms with Crippen molar-refractivity contribution in [3.05, 3.63) is 63.8 Å². The van der Waals surface area contributed by atoms with Gasteiger partial charge in [0.1, 0.15) is 0 Å². The fourth-order valence-corrected chi connectivity index (χ4v) is 3.64. The van der Waals surface area contributed by atoms with E-state index in [2.05, 4.69) is 4.98 Å². The predicted octanol–water partition coefficient (Wildman–Crippen LogP) is 5.04. The number of halogens is 1. The lowest BCUT2D eigenvalue weighted by Crippen LogP contribution is -2.30. The van der Waals surface area contributed by atoms with Gasteiger partial charge in [0.05, 0.1) is 17.1 Å². The molecule has 0 bridgehead atoms. The van der Waals surface area contributed by atoms with Crippen molar-refractivity contribution in [1.29, 1.82) is 0 Å². The Labute approximate surface area is 156 Å². The van der Waals surface area contributed by atoms with Crippen LogP contribution in [-0.2, 0) is 17.8 Å². The zero-order valence-electron chi connectivity index (χ0n) is 13.9. The molecule has 0 aliphatic heterocycles. The number of thiophene rings is 1. The van der Waals surface area contributed by atoms with E-state index in [1.807, 2.05) is 54.3 Å². The van der Waals surface area contributed by atoms with Gasteiger partial charge in [0.25, 0.3) is 0 Å². The van der Waals surface area contributed by atoms with E-state index in [1.54, 1.807) is 6.20 Å². The Kier molecular flexibility index (Phi) is 5.89. The van der Waals surface area contributed by atoms with Crippen LogP contribution < -0.4 is 0 Å². The van der Waals surface area contributed by atoms with Gasteiger partial charge in [-0.25, -0.2) is 4.98 Å². The van der Waals surface area contributed by atoms with Crippen molar-refractivity contribution < 1.29 is 9.21 Å². The number of amides is 1. The summed E-state index contributed by atoms with van der Waals surface area (Å²) in [7, 11) is 0. The number of hydrogen-bond acceptors (Lipinski definition) is 4. The fourth-order valence-electron chi connectivity index (χ4n) is 2.53. The molecule has 0 saturated heterocycles. The summed E-state index contributed by atoms with van der Waals surface area (Å²) < 4.78 is 6.50. The summed E-state index contributed by atoms with van der Waals surface area (Å²) in [4.78, 5) is 19.7. The number of carbonyl (C=O) groups excluding carboxylic acids is 1. The van der Waals surface area contributed by atoms with Crippen molar-refractivity contribution in [2.24, 2.45) is 0 Å². The number of rotatable bonds is 7. The molecule has 0 unspecified atom stereocenters. The predicted molar refractivity (Wildman–Crippen MR) is 101 cm³/mol. The lowest BCUT2D eigenvalue weighted by Gasteiger charge is -2.19. The van der Waals surface area contributed by atoms with E-state index >= 15 is 0 Å². The van der Waals surface area contributed by atoms with Gasteiger partial charge in [-0.15, -0.1) is 11.3 Å². The monoisotopic (exact) mass is 374 g/mol. The van der Waals surface area contributed by atoms with Gasteiger partial charge in [-0.1, -0.05) is 41.9 Å². The second-order valence-corrected chi connectivity index (χ2v) is 7.40. The van der Waals surface area contributed by atoms with Crippen LogP contribution in [0, 0.1) is 0 Å². The maximum Gasteiger partial charge on any atom is 0.223 e. The number of oxazole rings is 1. The summed E-state index contributed by atoms with van der Waals surface area (Å²) in [6.07, 6.45) is 2.58. The largest absolute Gasteiger partial charge is 0.441 e. The molecule has 25 heavy (non-hydrogen) atoms. The summed E-state index contributed by atoms with van der Waals surface area (Å²) in [6, 6.07) is 13.6. The number of benzene rings is 1. The van der Waals surface area contributed by atoms with Gasteiger partial charge >= 0.3 is 0 Å². The van der Waals surface area contributed by atoms with E-state index < -0.39 is 0 Å². The molecule has 4 nitrogen and oxygen atoms in total. The van der Waals surface area contributed by atoms with Gasteiger partial charge in [-0.2, -0.15) is 0 Å². The number of aromatic nitrogens is 1. The Hall–Kier alpha value is -2.11. The highest BCUT2D eigenvalue weighted by molar-refractivity contribution is 7.16. The fraction of sp³-hybridized carbons (Fsp3) is 0.263. The van der Waals surface area contributed by atoms with Crippen LogP contribution in [0.5, 0.6) is 0 Å². The highest BCUT2D eigenvalue weighted by Crippen LogP contribution is 2.23. The van der Waals surface area contributed by atoms with Crippen LogP contribution in [0.2, 0.25) is 4.34 Å². The summed E-state index contributed by atoms with van der Waals surface area (Å²) in [5.41, 5.74) is 0.984. The molecule has 0 N–H and O–H groups in total. The topological polar surface area (TPSA) is 46.3 Å². The lowest BCUT2D eigenvalue weighted by atomic mass is 10.2. The van der Waals surface area contributed by atoms with E-state index in [1.165, 1.54) is 11.3 Å². The number of aryl methyl sites for hydroxylation is 1. The van der Waals surface area contributed by atoms with Crippen LogP contribution in [0.1, 0.15) is 24.1 Å². The van der Waals surface area contributed by atoms with E-state index in [0.717, 1.165) is 20.5 Å². The number of hydrogen-bond donors (Lipinski definition) is 0. The third-order valence-corrected chi connectivity index (χ3v) is 5.09. The first-order chi connectivity index (χ1) is 12.2. The third kappa shape index (κ3) is 4.71. The minimum atomic E-state index is 0.0893. The van der Waals surface area contributed by atoms with E-state index in [9.17, 15) is 4.79 Å². The summed E-state index contributed by atoms with van der Waals surface area (Å²) in [5.74, 6) is 1.40. The molecule has 3 rings (SSSR count). The molecule has 0 fully saturated rings. The molecule has 0 spiro atoms. The normalized spacial score (nSPS) is 10.8. The minimum Gasteiger partial charge on any atom is -0.441 e. The molecule has 0 radical (unpaired) electrons. The van der Waals surface area contributed by atoms with Crippen LogP contribution >= 0.6 is 22.9 Å². The molecular weight excluding hydrogens is 356 g/mol. The van der Waals surface area contributed by atoms with Gasteiger partial charge in [-0.05, 0) is 19.1 Å². The molecule has 0 aliphatic carbocycles. The summed E-state index contributed by atoms with van der Waals surface area (Å²) in [6.45, 7) is 3.23. The average Bonchev–Trinajstić information content (AvgIpc) is 3.27. The molecule has 6 heteroatoms. The first kappa shape index (κ1) is 17.7. The van der Waals surface area contributed by atoms with Gasteiger partial charge in [0.15, 0.2) is 11.7 Å². The SMILES string of the molecule is CCN(Cc1ccc(Cl)s1)C(=O)CCc1ncc(-c2ccccc2)o1. The van der Waals surface area contributed by atoms with E-state index in [4.69, 9.17) is 16.0 Å². The molecule has 1 amide bonds. The Morgan fingerprint density at radius 1 is 1.24 bits per heavy atom. The van der Waals surface area contributed by atoms with Gasteiger partial charge < -0.3 is 9.32 Å². The molecule has 0 saturated carbocycles. The zero-order valence-corrected chi connectivity index (χ0v) is 15.5. The van der Waals surface area contributed by atoms with Crippen molar-refractivity contribution in [1.82, 2.24) is 9.88 Å². The molecule has 130 valence electrons. The first-order valence-corrected chi connectivity index (χ1v) is 9.37. The van der Waals surface area contributed by atoms with Crippen molar-refractivity contribution in [3.63, 3.8) is 0 Å². The Bertz CT molecular complexity index is 829. The highest BCUT2D eigenvalue weighted by Gasteiger charge is 2.15. The summed E-state index contributed by atoms with van der Waals surface area (Å²) >= 11 is 7.46. The molecule has 2 heterocycles. The van der Waals surface area contributed by atoms with E-state index in [-0.39, 0.29) is 5.91 Å². The van der Waals surface area contributed by atoms with Crippen LogP contribution in [0.25, 0.3) is 11.3 Å². The summed E-state index contributed by atoms with van der Waals surface area (Å²) in [5, 5.41) is 0. The van der Waals surface area contributed by atoms with Crippen molar-refractivity contribution >= 4 is 28.8 Å². The molecular formula is C19H19ClN2O2S. The first-order valence-electron chi connectivity index (χ1n) is 8.18. The van der Waals surface area contributed by atoms with E-state index in [0.29, 0.717) is 31.8 Å². The molecule has 2 aromatic heterocycles. The van der Waals surface area contributed by atoms with Gasteiger partial charge in [0.2, 0.25) is 5.91 Å². The maximum atomic E-state index is 12.5. The molecule has 0 aliphatic rings. The average molecular weight is 375 g/mol. The number of carbonyl (C=O) groups is 1. The van der Waals surface area contributed by atoms with Crippen molar-refractivity contribution in [2.45, 2.75) is 26.3 Å². The maximum absolute atomic E-state index is 12.5. The van der Waals surface area contributed by atoms with Gasteiger partial charge in [0, 0.05) is 29.8 Å². The lowest BCUT2D eigenvalue weighted by molar-refractivity contribution is -0.131. The number of nitrogens with zero attached hydrogens (tertiary/aromatic N) is 2. The standard InChI is InChI=1S/C19H19ClN2O2S/c1-2-22(13-15-8-9-17(20)25-15)19(23)11-10-18-21-12-16(24-18)14-6-4-3-5-7-14/h3-9,12H,2,10-11,13H2,1H3. The Morgan fingerprint density at radius 3 is 2.72 bits per heavy atom. The second kappa shape index (κ2) is 8.32. The van der Waals surface area contributed by atoms with Crippen LogP contribution in [-0.4, -0.2) is 22.3 Å². The minimum absolute atomic E-state index is 0.0893. The quantitative estimate of drug-likeness (QED) is 0.582. The third-order valence-electron chi connectivity index (χ3n) is 3.87. The van der Waals surface area contributed by atoms with Crippen molar-refractivity contribution in [2.75, 3.05) is 6.54 Å². The second-order valence-electron chi connectivity index (χ2n) is 5.60. The van der Waals surface area contributed by atoms with Crippen LogP contribution in [0.4, 0.5) is 0 Å².